The van der Waals surface area contributed by atoms with E-state index >= 15 is 0 Å². The first-order valence-corrected chi connectivity index (χ1v) is 5.65. The maximum atomic E-state index is 11.4. The molecule has 0 aromatic heterocycles. The predicted molar refractivity (Wildman–Crippen MR) is 61.4 cm³/mol. The summed E-state index contributed by atoms with van der Waals surface area (Å²) in [6, 6.07) is 0. The summed E-state index contributed by atoms with van der Waals surface area (Å²) in [6.45, 7) is 13.1. The molecule has 0 radical (unpaired) electrons. The van der Waals surface area contributed by atoms with Gasteiger partial charge in [-0.05, 0) is 23.7 Å². The summed E-state index contributed by atoms with van der Waals surface area (Å²) < 4.78 is 4.87. The fourth-order valence-electron chi connectivity index (χ4n) is 2.33. The average molecular weight is 210 g/mol. The van der Waals surface area contributed by atoms with Gasteiger partial charge in [0, 0.05) is 0 Å². The van der Waals surface area contributed by atoms with E-state index in [4.69, 9.17) is 4.74 Å². The molecule has 2 atom stereocenters. The predicted octanol–water partition coefficient (Wildman–Crippen LogP) is 3.18. The Bertz CT molecular complexity index is 268. The highest BCUT2D eigenvalue weighted by molar-refractivity contribution is 5.78. The van der Waals surface area contributed by atoms with Crippen LogP contribution in [0.2, 0.25) is 0 Å². The second-order valence-corrected chi connectivity index (χ2v) is 5.56. The Kier molecular flexibility index (Phi) is 3.27. The topological polar surface area (TPSA) is 26.3 Å². The van der Waals surface area contributed by atoms with Crippen molar-refractivity contribution < 1.29 is 9.53 Å². The third-order valence-electron chi connectivity index (χ3n) is 3.74. The van der Waals surface area contributed by atoms with Gasteiger partial charge < -0.3 is 4.74 Å². The van der Waals surface area contributed by atoms with E-state index in [0.29, 0.717) is 6.61 Å². The van der Waals surface area contributed by atoms with Crippen molar-refractivity contribution in [3.05, 3.63) is 12.7 Å². The molecule has 0 spiro atoms. The molecule has 1 saturated heterocycles. The van der Waals surface area contributed by atoms with Gasteiger partial charge in [-0.25, -0.2) is 0 Å². The minimum Gasteiger partial charge on any atom is -0.464 e. The lowest BCUT2D eigenvalue weighted by atomic mass is 9.65. The van der Waals surface area contributed by atoms with Gasteiger partial charge in [0.2, 0.25) is 0 Å². The van der Waals surface area contributed by atoms with Crippen molar-refractivity contribution in [2.45, 2.75) is 40.5 Å². The Hall–Kier alpha value is -0.790. The molecule has 1 aliphatic heterocycles. The van der Waals surface area contributed by atoms with E-state index in [0.717, 1.165) is 12.8 Å². The number of carbonyl (C=O) groups is 1. The summed E-state index contributed by atoms with van der Waals surface area (Å²) in [7, 11) is 0. The van der Waals surface area contributed by atoms with Crippen LogP contribution in [-0.2, 0) is 9.53 Å². The number of hydrogen-bond acceptors (Lipinski definition) is 2. The van der Waals surface area contributed by atoms with Gasteiger partial charge in [0.25, 0.3) is 0 Å². The van der Waals surface area contributed by atoms with Crippen molar-refractivity contribution in [2.24, 2.45) is 16.7 Å². The summed E-state index contributed by atoms with van der Waals surface area (Å²) >= 11 is 0. The van der Waals surface area contributed by atoms with Gasteiger partial charge in [-0.2, -0.15) is 0 Å². The molecule has 0 aromatic rings. The first-order valence-electron chi connectivity index (χ1n) is 5.65. The molecule has 0 aromatic carbocycles. The summed E-state index contributed by atoms with van der Waals surface area (Å²) in [5, 5.41) is 0. The number of ether oxygens (including phenoxy) is 1. The highest BCUT2D eigenvalue weighted by Crippen LogP contribution is 2.45. The van der Waals surface area contributed by atoms with Crippen molar-refractivity contribution in [2.75, 3.05) is 6.61 Å². The van der Waals surface area contributed by atoms with Crippen molar-refractivity contribution in [1.29, 1.82) is 0 Å². The van der Waals surface area contributed by atoms with Gasteiger partial charge >= 0.3 is 5.97 Å². The summed E-state index contributed by atoms with van der Waals surface area (Å²) in [4.78, 5) is 11.4. The summed E-state index contributed by atoms with van der Waals surface area (Å²) in [5.74, 6) is 0.0564. The number of cyclic esters (lactones) is 1. The molecule has 0 aliphatic carbocycles. The SMILES string of the molecule is C=CC(C)(C)C[C@](C)(CC)[C@@H]1COC1=O. The monoisotopic (exact) mass is 210 g/mol. The number of rotatable bonds is 5. The van der Waals surface area contributed by atoms with Gasteiger partial charge in [0.15, 0.2) is 0 Å². The molecule has 1 heterocycles. The maximum Gasteiger partial charge on any atom is 0.312 e. The molecule has 0 unspecified atom stereocenters. The Morgan fingerprint density at radius 3 is 2.40 bits per heavy atom. The zero-order valence-electron chi connectivity index (χ0n) is 10.3. The molecule has 0 saturated carbocycles. The third kappa shape index (κ3) is 2.42. The lowest BCUT2D eigenvalue weighted by Gasteiger charge is -2.43. The van der Waals surface area contributed by atoms with E-state index in [1.165, 1.54) is 0 Å². The number of esters is 1. The Morgan fingerprint density at radius 1 is 1.53 bits per heavy atom. The van der Waals surface area contributed by atoms with E-state index in [9.17, 15) is 4.79 Å². The summed E-state index contributed by atoms with van der Waals surface area (Å²) in [5.41, 5.74) is 0.133. The minimum absolute atomic E-state index is 0.0285. The van der Waals surface area contributed by atoms with E-state index in [2.05, 4.69) is 34.3 Å². The molecule has 2 nitrogen and oxygen atoms in total. The van der Waals surface area contributed by atoms with E-state index in [-0.39, 0.29) is 22.7 Å². The normalized spacial score (nSPS) is 25.1. The highest BCUT2D eigenvalue weighted by Gasteiger charge is 2.47. The molecule has 1 aliphatic rings. The first kappa shape index (κ1) is 12.3. The second-order valence-electron chi connectivity index (χ2n) is 5.56. The number of hydrogen-bond donors (Lipinski definition) is 0. The number of allylic oxidation sites excluding steroid dienone is 1. The van der Waals surface area contributed by atoms with Crippen LogP contribution in [0.4, 0.5) is 0 Å². The lowest BCUT2D eigenvalue weighted by Crippen LogP contribution is -2.47. The quantitative estimate of drug-likeness (QED) is 0.514. The van der Waals surface area contributed by atoms with Gasteiger partial charge in [-0.1, -0.05) is 33.8 Å². The van der Waals surface area contributed by atoms with Crippen molar-refractivity contribution in [3.8, 4) is 0 Å². The Morgan fingerprint density at radius 2 is 2.13 bits per heavy atom. The fourth-order valence-corrected chi connectivity index (χ4v) is 2.33. The zero-order valence-corrected chi connectivity index (χ0v) is 10.3. The van der Waals surface area contributed by atoms with Gasteiger partial charge in [0.1, 0.15) is 6.61 Å². The van der Waals surface area contributed by atoms with Gasteiger partial charge in [-0.3, -0.25) is 4.79 Å². The van der Waals surface area contributed by atoms with E-state index in [1.54, 1.807) is 0 Å². The molecule has 2 heteroatoms. The van der Waals surface area contributed by atoms with Crippen molar-refractivity contribution >= 4 is 5.97 Å². The number of carbonyl (C=O) groups excluding carboxylic acids is 1. The summed E-state index contributed by atoms with van der Waals surface area (Å²) in [6.07, 6.45) is 3.97. The van der Waals surface area contributed by atoms with Crippen LogP contribution in [0.15, 0.2) is 12.7 Å². The molecule has 1 rings (SSSR count). The fraction of sp³-hybridized carbons (Fsp3) is 0.769. The van der Waals surface area contributed by atoms with E-state index in [1.807, 2.05) is 6.08 Å². The van der Waals surface area contributed by atoms with Crippen molar-refractivity contribution in [3.63, 3.8) is 0 Å². The molecule has 0 amide bonds. The smallest absolute Gasteiger partial charge is 0.312 e. The van der Waals surface area contributed by atoms with Crippen molar-refractivity contribution in [1.82, 2.24) is 0 Å². The standard InChI is InChI=1S/C13H22O2/c1-6-12(3,4)9-13(5,7-2)10-8-15-11(10)14/h6,10H,1,7-9H2,2-5H3/t10-,13+/m1/s1. The van der Waals surface area contributed by atoms with Crippen LogP contribution >= 0.6 is 0 Å². The van der Waals surface area contributed by atoms with Gasteiger partial charge in [-0.15, -0.1) is 6.58 Å². The molecular weight excluding hydrogens is 188 g/mol. The van der Waals surface area contributed by atoms with E-state index < -0.39 is 0 Å². The Balaban J connectivity index is 2.76. The lowest BCUT2D eigenvalue weighted by molar-refractivity contribution is -0.180. The molecule has 15 heavy (non-hydrogen) atoms. The van der Waals surface area contributed by atoms with Crippen LogP contribution in [0.3, 0.4) is 0 Å². The second kappa shape index (κ2) is 3.99. The molecule has 0 N–H and O–H groups in total. The molecule has 0 bridgehead atoms. The van der Waals surface area contributed by atoms with Crippen LogP contribution in [0.5, 0.6) is 0 Å². The minimum atomic E-state index is -0.0285. The maximum absolute atomic E-state index is 11.4. The van der Waals surface area contributed by atoms with Crippen LogP contribution in [0, 0.1) is 16.7 Å². The molecule has 86 valence electrons. The van der Waals surface area contributed by atoms with Crippen LogP contribution in [0.1, 0.15) is 40.5 Å². The van der Waals surface area contributed by atoms with Crippen LogP contribution < -0.4 is 0 Å². The average Bonchev–Trinajstić information content (AvgIpc) is 2.14. The van der Waals surface area contributed by atoms with Crippen LogP contribution in [0.25, 0.3) is 0 Å². The first-order chi connectivity index (χ1) is 6.84. The zero-order chi connectivity index (χ0) is 11.7. The molecular formula is C13H22O2. The van der Waals surface area contributed by atoms with Gasteiger partial charge in [0.05, 0.1) is 5.92 Å². The van der Waals surface area contributed by atoms with Crippen LogP contribution in [-0.4, -0.2) is 12.6 Å². The Labute approximate surface area is 92.7 Å². The molecule has 1 fully saturated rings. The largest absolute Gasteiger partial charge is 0.464 e. The third-order valence-corrected chi connectivity index (χ3v) is 3.74. The highest BCUT2D eigenvalue weighted by atomic mass is 16.6.